The van der Waals surface area contributed by atoms with E-state index in [0.29, 0.717) is 0 Å². The second-order valence-electron chi connectivity index (χ2n) is 9.11. The van der Waals surface area contributed by atoms with Crippen LogP contribution in [0, 0.1) is 37.0 Å². The molecule has 0 spiro atoms. The molecule has 0 aromatic carbocycles. The van der Waals surface area contributed by atoms with Gasteiger partial charge < -0.3 is 32.3 Å². The van der Waals surface area contributed by atoms with Crippen molar-refractivity contribution in [2.45, 2.75) is 63.7 Å². The zero-order valence-electron chi connectivity index (χ0n) is 23.0. The smallest absolute Gasteiger partial charge is 0.251 e. The van der Waals surface area contributed by atoms with Crippen LogP contribution < -0.4 is 43.2 Å². The molecule has 11 N–H and O–H groups in total. The quantitative estimate of drug-likeness (QED) is 0.0168. The zero-order valence-corrected chi connectivity index (χ0v) is 24.8. The fourth-order valence-electron chi connectivity index (χ4n) is 3.23. The molecule has 4 unspecified atom stereocenters. The minimum absolute atomic E-state index is 0.0749. The third-order valence-corrected chi connectivity index (χ3v) is 6.06. The number of nitro groups is 2. The Morgan fingerprint density at radius 2 is 1.29 bits per heavy atom. The summed E-state index contributed by atoms with van der Waals surface area (Å²) in [6.07, 6.45) is 0.732. The topological polar surface area (TPSA) is 312 Å². The molecule has 0 bridgehead atoms. The summed E-state index contributed by atoms with van der Waals surface area (Å²) in [4.78, 5) is 70.9. The number of guanidine groups is 2. The van der Waals surface area contributed by atoms with Gasteiger partial charge in [-0.3, -0.25) is 30.0 Å². The number of carbonyl (C=O) groups is 4. The van der Waals surface area contributed by atoms with Crippen LogP contribution in [0.4, 0.5) is 0 Å². The van der Waals surface area contributed by atoms with Gasteiger partial charge in [-0.15, -0.1) is 12.6 Å². The van der Waals surface area contributed by atoms with Crippen LogP contribution in [-0.2, 0) is 19.2 Å². The number of amides is 3. The number of rotatable bonds is 19. The second kappa shape index (κ2) is 20.0. The normalized spacial score (nSPS) is 13.4. The minimum Gasteiger partial charge on any atom is -0.352 e. The van der Waals surface area contributed by atoms with Crippen molar-refractivity contribution in [3.05, 3.63) is 20.2 Å². The van der Waals surface area contributed by atoms with Crippen LogP contribution in [0.1, 0.15) is 39.5 Å². The molecule has 0 radical (unpaired) electrons. The zero-order chi connectivity index (χ0) is 32.4. The van der Waals surface area contributed by atoms with E-state index in [2.05, 4.69) is 51.8 Å². The van der Waals surface area contributed by atoms with Gasteiger partial charge in [-0.05, 0) is 31.6 Å². The molecular weight excluding hydrogens is 600 g/mol. The standard InChI is InChI=1S/C20H38N12O8S2/c1-10(2)14(28-15(33)11(21)5-3-7-24-19(22)29-31(37)38)17(35)27-13(9-41)16(34)26-12(18(36)42)6-4-8-25-20(23)30-32(39)40/h10-14,41H,3-9,21H2,1-2H3,(H,26,34)(H,27,35)(H,28,33)(H,36,42)(H3,22,24,29)(H3,23,25,30). The summed E-state index contributed by atoms with van der Waals surface area (Å²) < 4.78 is 0. The molecule has 0 aliphatic heterocycles. The van der Waals surface area contributed by atoms with Crippen LogP contribution in [0.2, 0.25) is 0 Å². The second-order valence-corrected chi connectivity index (χ2v) is 9.91. The van der Waals surface area contributed by atoms with Crippen molar-refractivity contribution in [3.63, 3.8) is 0 Å². The Morgan fingerprint density at radius 3 is 1.71 bits per heavy atom. The van der Waals surface area contributed by atoms with Gasteiger partial charge in [0.2, 0.25) is 22.8 Å². The third kappa shape index (κ3) is 16.4. The lowest BCUT2D eigenvalue weighted by molar-refractivity contribution is -0.525. The van der Waals surface area contributed by atoms with E-state index in [9.17, 15) is 39.4 Å². The Morgan fingerprint density at radius 1 is 0.810 bits per heavy atom. The van der Waals surface area contributed by atoms with E-state index in [-0.39, 0.29) is 44.5 Å². The maximum absolute atomic E-state index is 13.0. The first-order chi connectivity index (χ1) is 19.6. The highest BCUT2D eigenvalue weighted by Crippen LogP contribution is 2.06. The molecule has 0 aromatic rings. The summed E-state index contributed by atoms with van der Waals surface area (Å²) in [6.45, 7) is 3.53. The minimum atomic E-state index is -1.19. The van der Waals surface area contributed by atoms with Crippen molar-refractivity contribution < 1.29 is 29.2 Å². The molecule has 238 valence electrons. The molecule has 20 nitrogen and oxygen atoms in total. The Kier molecular flexibility index (Phi) is 18.2. The number of hydrogen-bond acceptors (Lipinski definition) is 12. The van der Waals surface area contributed by atoms with Gasteiger partial charge >= 0.3 is 0 Å². The lowest BCUT2D eigenvalue weighted by Crippen LogP contribution is -2.58. The van der Waals surface area contributed by atoms with Crippen LogP contribution in [-0.4, -0.2) is 87.8 Å². The van der Waals surface area contributed by atoms with Crippen LogP contribution in [0.15, 0.2) is 0 Å². The first kappa shape index (κ1) is 38.1. The Labute approximate surface area is 251 Å². The largest absolute Gasteiger partial charge is 0.352 e. The van der Waals surface area contributed by atoms with E-state index < -0.39 is 74.9 Å². The maximum atomic E-state index is 13.0. The highest BCUT2D eigenvalue weighted by Gasteiger charge is 2.30. The fourth-order valence-corrected chi connectivity index (χ4v) is 3.68. The molecule has 0 saturated carbocycles. The number of hydrogen-bond donors (Lipinski definition) is 12. The van der Waals surface area contributed by atoms with Crippen LogP contribution in [0.5, 0.6) is 0 Å². The highest BCUT2D eigenvalue weighted by molar-refractivity contribution is 7.96. The summed E-state index contributed by atoms with van der Waals surface area (Å²) in [5.74, 6) is -3.73. The van der Waals surface area contributed by atoms with Crippen LogP contribution in [0.3, 0.4) is 0 Å². The maximum Gasteiger partial charge on any atom is 0.251 e. The average molecular weight is 639 g/mol. The molecule has 3 amide bonds. The Balaban J connectivity index is 4.95. The molecule has 0 saturated heterocycles. The molecule has 0 rings (SSSR count). The summed E-state index contributed by atoms with van der Waals surface area (Å²) in [7, 11) is 0. The van der Waals surface area contributed by atoms with Crippen LogP contribution in [0.25, 0.3) is 0 Å². The SMILES string of the molecule is CC(C)C(NC(=O)C(N)CCCNC(=N)N[N+](=O)[O-])C(=O)NC(CS)C(=O)NC(CCCNC(=N)N[N+](=O)[O-])C(=O)S. The monoisotopic (exact) mass is 638 g/mol. The molecular formula is C20H38N12O8S2. The highest BCUT2D eigenvalue weighted by atomic mass is 32.1. The van der Waals surface area contributed by atoms with Crippen molar-refractivity contribution in [2.24, 2.45) is 11.7 Å². The van der Waals surface area contributed by atoms with Gasteiger partial charge in [-0.2, -0.15) is 12.6 Å². The van der Waals surface area contributed by atoms with E-state index in [0.717, 1.165) is 0 Å². The predicted molar refractivity (Wildman–Crippen MR) is 157 cm³/mol. The average Bonchev–Trinajstić information content (AvgIpc) is 2.88. The summed E-state index contributed by atoms with van der Waals surface area (Å²) >= 11 is 7.86. The molecule has 0 fully saturated rings. The predicted octanol–water partition coefficient (Wildman–Crippen LogP) is -3.02. The van der Waals surface area contributed by atoms with Crippen LogP contribution >= 0.6 is 25.3 Å². The number of nitrogens with two attached hydrogens (primary N) is 1. The third-order valence-electron chi connectivity index (χ3n) is 5.39. The lowest BCUT2D eigenvalue weighted by atomic mass is 10.0. The Hall–Kier alpha value is -3.92. The van der Waals surface area contributed by atoms with E-state index >= 15 is 0 Å². The van der Waals surface area contributed by atoms with Crippen molar-refractivity contribution in [2.75, 3.05) is 18.8 Å². The molecule has 0 aliphatic carbocycles. The lowest BCUT2D eigenvalue weighted by Gasteiger charge is -2.26. The fraction of sp³-hybridized carbons (Fsp3) is 0.700. The van der Waals surface area contributed by atoms with Gasteiger partial charge in [0.25, 0.3) is 11.9 Å². The number of nitrogens with zero attached hydrogens (tertiary/aromatic N) is 2. The molecule has 4 atom stereocenters. The van der Waals surface area contributed by atoms with E-state index in [4.69, 9.17) is 16.6 Å². The summed E-state index contributed by atoms with van der Waals surface area (Å²) in [5, 5.41) is 45.1. The summed E-state index contributed by atoms with van der Waals surface area (Å²) in [6, 6.07) is -4.36. The first-order valence-corrected chi connectivity index (χ1v) is 13.6. The molecule has 0 heterocycles. The number of thiol groups is 2. The van der Waals surface area contributed by atoms with E-state index in [1.54, 1.807) is 24.7 Å². The molecule has 0 aromatic heterocycles. The van der Waals surface area contributed by atoms with Crippen molar-refractivity contribution in [3.8, 4) is 0 Å². The van der Waals surface area contributed by atoms with Gasteiger partial charge in [0.15, 0.2) is 10.1 Å². The number of hydrazine groups is 2. The molecule has 22 heteroatoms. The summed E-state index contributed by atoms with van der Waals surface area (Å²) in [5.41, 5.74) is 9.13. The van der Waals surface area contributed by atoms with E-state index in [1.165, 1.54) is 0 Å². The van der Waals surface area contributed by atoms with E-state index in [1.807, 2.05) is 0 Å². The molecule has 42 heavy (non-hydrogen) atoms. The van der Waals surface area contributed by atoms with Gasteiger partial charge in [0, 0.05) is 18.8 Å². The number of carbonyl (C=O) groups excluding carboxylic acids is 4. The van der Waals surface area contributed by atoms with Crippen molar-refractivity contribution >= 4 is 60.0 Å². The van der Waals surface area contributed by atoms with Crippen molar-refractivity contribution in [1.82, 2.24) is 37.4 Å². The van der Waals surface area contributed by atoms with Crippen molar-refractivity contribution in [1.29, 1.82) is 10.8 Å². The van der Waals surface area contributed by atoms with Gasteiger partial charge in [-0.1, -0.05) is 24.7 Å². The molecule has 0 aliphatic rings. The number of nitrogens with one attached hydrogen (secondary N) is 9. The first-order valence-electron chi connectivity index (χ1n) is 12.6. The van der Waals surface area contributed by atoms with Gasteiger partial charge in [0.05, 0.1) is 12.1 Å². The van der Waals surface area contributed by atoms with Gasteiger partial charge in [-0.25, -0.2) is 20.2 Å². The van der Waals surface area contributed by atoms with Gasteiger partial charge in [0.1, 0.15) is 12.1 Å². The Bertz CT molecular complexity index is 1000.